The molecule has 0 aliphatic heterocycles. The normalized spacial score (nSPS) is 26.0. The molecule has 3 atom stereocenters. The molecule has 1 amide bonds. The quantitative estimate of drug-likeness (QED) is 0.771. The van der Waals surface area contributed by atoms with Crippen molar-refractivity contribution in [1.29, 1.82) is 0 Å². The van der Waals surface area contributed by atoms with E-state index >= 15 is 0 Å². The van der Waals surface area contributed by atoms with Gasteiger partial charge in [0, 0.05) is 29.4 Å². The molecule has 5 N–H and O–H groups in total. The molecule has 0 saturated carbocycles. The molecule has 5 nitrogen and oxygen atoms in total. The number of nitrogens with zero attached hydrogens (tertiary/aromatic N) is 1. The SMILES string of the molecule is Cc1cnc(NC(=O)C2C=C(N)C(N)CC2F)cc1Cl. The zero-order valence-electron chi connectivity index (χ0n) is 10.9. The monoisotopic (exact) mass is 298 g/mol. The maximum absolute atomic E-state index is 13.9. The van der Waals surface area contributed by atoms with Crippen molar-refractivity contribution in [2.24, 2.45) is 17.4 Å². The van der Waals surface area contributed by atoms with Gasteiger partial charge in [-0.3, -0.25) is 4.79 Å². The summed E-state index contributed by atoms with van der Waals surface area (Å²) in [6, 6.07) is 0.977. The van der Waals surface area contributed by atoms with Gasteiger partial charge in [0.1, 0.15) is 12.0 Å². The first-order valence-corrected chi connectivity index (χ1v) is 6.56. The topological polar surface area (TPSA) is 94.0 Å². The maximum Gasteiger partial charge on any atom is 0.235 e. The molecule has 1 aliphatic rings. The van der Waals surface area contributed by atoms with E-state index in [-0.39, 0.29) is 12.2 Å². The fourth-order valence-corrected chi connectivity index (χ4v) is 2.13. The van der Waals surface area contributed by atoms with Crippen LogP contribution >= 0.6 is 11.6 Å². The molecule has 1 aromatic heterocycles. The Kier molecular flexibility index (Phi) is 4.25. The molecule has 0 aromatic carbocycles. The summed E-state index contributed by atoms with van der Waals surface area (Å²) >= 11 is 5.94. The smallest absolute Gasteiger partial charge is 0.235 e. The van der Waals surface area contributed by atoms with Crippen molar-refractivity contribution in [2.75, 3.05) is 5.32 Å². The fourth-order valence-electron chi connectivity index (χ4n) is 1.98. The third kappa shape index (κ3) is 3.08. The Labute approximate surface area is 121 Å². The van der Waals surface area contributed by atoms with Gasteiger partial charge in [-0.05, 0) is 24.6 Å². The van der Waals surface area contributed by atoms with Crippen LogP contribution in [0, 0.1) is 12.8 Å². The molecule has 0 radical (unpaired) electrons. The summed E-state index contributed by atoms with van der Waals surface area (Å²) in [7, 11) is 0. The Morgan fingerprint density at radius 2 is 2.30 bits per heavy atom. The first kappa shape index (κ1) is 14.7. The van der Waals surface area contributed by atoms with E-state index in [1.807, 2.05) is 0 Å². The lowest BCUT2D eigenvalue weighted by Crippen LogP contribution is -2.41. The van der Waals surface area contributed by atoms with Crippen LogP contribution in [-0.4, -0.2) is 23.1 Å². The van der Waals surface area contributed by atoms with Crippen molar-refractivity contribution >= 4 is 23.3 Å². The van der Waals surface area contributed by atoms with Gasteiger partial charge in [0.15, 0.2) is 0 Å². The van der Waals surface area contributed by atoms with Crippen LogP contribution in [0.25, 0.3) is 0 Å². The summed E-state index contributed by atoms with van der Waals surface area (Å²) in [6.45, 7) is 1.80. The number of halogens is 2. The van der Waals surface area contributed by atoms with Gasteiger partial charge in [-0.15, -0.1) is 0 Å². The second-order valence-electron chi connectivity index (χ2n) is 4.86. The number of aromatic nitrogens is 1. The van der Waals surface area contributed by atoms with Crippen LogP contribution in [0.15, 0.2) is 24.0 Å². The molecule has 0 bridgehead atoms. The molecule has 0 spiro atoms. The number of nitrogens with two attached hydrogens (primary N) is 2. The number of anilines is 1. The van der Waals surface area contributed by atoms with Gasteiger partial charge in [0.05, 0.1) is 5.92 Å². The first-order chi connectivity index (χ1) is 9.38. The van der Waals surface area contributed by atoms with Crippen molar-refractivity contribution in [3.05, 3.63) is 34.6 Å². The van der Waals surface area contributed by atoms with E-state index in [1.165, 1.54) is 18.3 Å². The Morgan fingerprint density at radius 3 is 2.95 bits per heavy atom. The van der Waals surface area contributed by atoms with E-state index in [4.69, 9.17) is 23.1 Å². The van der Waals surface area contributed by atoms with Gasteiger partial charge >= 0.3 is 0 Å². The van der Waals surface area contributed by atoms with E-state index < -0.39 is 24.0 Å². The van der Waals surface area contributed by atoms with Gasteiger partial charge in [0.25, 0.3) is 0 Å². The molecule has 108 valence electrons. The zero-order valence-corrected chi connectivity index (χ0v) is 11.7. The molecule has 1 heterocycles. The number of nitrogens with one attached hydrogen (secondary N) is 1. The van der Waals surface area contributed by atoms with Gasteiger partial charge < -0.3 is 16.8 Å². The largest absolute Gasteiger partial charge is 0.401 e. The Bertz CT molecular complexity index is 563. The highest BCUT2D eigenvalue weighted by atomic mass is 35.5. The fraction of sp³-hybridized carbons (Fsp3) is 0.385. The third-order valence-corrected chi connectivity index (χ3v) is 3.67. The molecule has 0 saturated heterocycles. The number of aryl methyl sites for hydroxylation is 1. The zero-order chi connectivity index (χ0) is 14.9. The van der Waals surface area contributed by atoms with Crippen LogP contribution in [0.5, 0.6) is 0 Å². The highest BCUT2D eigenvalue weighted by Crippen LogP contribution is 2.25. The summed E-state index contributed by atoms with van der Waals surface area (Å²) in [5, 5.41) is 3.01. The van der Waals surface area contributed by atoms with Crippen LogP contribution in [0.4, 0.5) is 10.2 Å². The number of carbonyl (C=O) groups excluding carboxylic acids is 1. The highest BCUT2D eigenvalue weighted by molar-refractivity contribution is 6.31. The van der Waals surface area contributed by atoms with E-state index in [0.717, 1.165) is 5.56 Å². The van der Waals surface area contributed by atoms with Crippen molar-refractivity contribution in [3.63, 3.8) is 0 Å². The average molecular weight is 299 g/mol. The number of hydrogen-bond donors (Lipinski definition) is 3. The number of carbonyl (C=O) groups is 1. The predicted octanol–water partition coefficient (Wildman–Crippen LogP) is 1.51. The lowest BCUT2D eigenvalue weighted by Gasteiger charge is -2.26. The van der Waals surface area contributed by atoms with Gasteiger partial charge in [-0.2, -0.15) is 0 Å². The van der Waals surface area contributed by atoms with E-state index in [0.29, 0.717) is 10.7 Å². The number of rotatable bonds is 2. The molecule has 0 fully saturated rings. The number of pyridine rings is 1. The third-order valence-electron chi connectivity index (χ3n) is 3.26. The first-order valence-electron chi connectivity index (χ1n) is 6.18. The van der Waals surface area contributed by atoms with Crippen molar-refractivity contribution in [2.45, 2.75) is 25.6 Å². The van der Waals surface area contributed by atoms with Crippen LogP contribution in [0.3, 0.4) is 0 Å². The number of hydrogen-bond acceptors (Lipinski definition) is 4. The lowest BCUT2D eigenvalue weighted by atomic mass is 9.88. The predicted molar refractivity (Wildman–Crippen MR) is 75.9 cm³/mol. The van der Waals surface area contributed by atoms with Crippen molar-refractivity contribution < 1.29 is 9.18 Å². The van der Waals surface area contributed by atoms with Gasteiger partial charge in [-0.25, -0.2) is 9.37 Å². The summed E-state index contributed by atoms with van der Waals surface area (Å²) in [5.41, 5.74) is 12.4. The highest BCUT2D eigenvalue weighted by Gasteiger charge is 2.33. The summed E-state index contributed by atoms with van der Waals surface area (Å²) in [4.78, 5) is 16.1. The van der Waals surface area contributed by atoms with Crippen LogP contribution in [-0.2, 0) is 4.79 Å². The van der Waals surface area contributed by atoms with Crippen molar-refractivity contribution in [3.8, 4) is 0 Å². The molecule has 20 heavy (non-hydrogen) atoms. The second-order valence-corrected chi connectivity index (χ2v) is 5.27. The molecule has 2 rings (SSSR count). The van der Waals surface area contributed by atoms with Gasteiger partial charge in [-0.1, -0.05) is 11.6 Å². The molecular weight excluding hydrogens is 283 g/mol. The molecule has 7 heteroatoms. The Morgan fingerprint density at radius 1 is 1.60 bits per heavy atom. The number of amides is 1. The van der Waals surface area contributed by atoms with E-state index in [1.54, 1.807) is 6.92 Å². The average Bonchev–Trinajstić information content (AvgIpc) is 2.38. The van der Waals surface area contributed by atoms with Crippen LogP contribution in [0.1, 0.15) is 12.0 Å². The van der Waals surface area contributed by atoms with Gasteiger partial charge in [0.2, 0.25) is 5.91 Å². The summed E-state index contributed by atoms with van der Waals surface area (Å²) in [5.74, 6) is -1.20. The van der Waals surface area contributed by atoms with Crippen LogP contribution < -0.4 is 16.8 Å². The van der Waals surface area contributed by atoms with E-state index in [9.17, 15) is 9.18 Å². The molecule has 1 aliphatic carbocycles. The molecule has 1 aromatic rings. The maximum atomic E-state index is 13.9. The lowest BCUT2D eigenvalue weighted by molar-refractivity contribution is -0.120. The number of alkyl halides is 1. The minimum atomic E-state index is -1.36. The summed E-state index contributed by atoms with van der Waals surface area (Å²) < 4.78 is 13.9. The molecular formula is C13H16ClFN4O. The Hall–Kier alpha value is -1.66. The summed E-state index contributed by atoms with van der Waals surface area (Å²) in [6.07, 6.45) is 1.57. The Balaban J connectivity index is 2.13. The standard InChI is InChI=1S/C13H16ClFN4O/c1-6-5-18-12(3-8(6)14)19-13(20)7-2-10(16)11(17)4-9(7)15/h2-3,5,7,9,11H,4,16-17H2,1H3,(H,18,19,20). The second kappa shape index (κ2) is 5.76. The molecule has 3 unspecified atom stereocenters. The minimum absolute atomic E-state index is 0.0303. The van der Waals surface area contributed by atoms with Crippen LogP contribution in [0.2, 0.25) is 5.02 Å². The van der Waals surface area contributed by atoms with E-state index in [2.05, 4.69) is 10.3 Å². The van der Waals surface area contributed by atoms with Crippen molar-refractivity contribution in [1.82, 2.24) is 4.98 Å². The minimum Gasteiger partial charge on any atom is -0.401 e.